The van der Waals surface area contributed by atoms with Crippen LogP contribution in [0.15, 0.2) is 48.5 Å². The molecule has 1 aliphatic rings. The number of amides is 3. The zero-order chi connectivity index (χ0) is 20.6. The molecule has 2 N–H and O–H groups in total. The first-order valence-electron chi connectivity index (χ1n) is 10.1. The number of benzene rings is 2. The lowest BCUT2D eigenvalue weighted by Crippen LogP contribution is -2.42. The Balaban J connectivity index is 1.40. The third-order valence-corrected chi connectivity index (χ3v) is 5.29. The van der Waals surface area contributed by atoms with Crippen LogP contribution in [-0.2, 0) is 11.3 Å². The van der Waals surface area contributed by atoms with Gasteiger partial charge >= 0.3 is 6.03 Å². The van der Waals surface area contributed by atoms with E-state index in [9.17, 15) is 14.0 Å². The van der Waals surface area contributed by atoms with Crippen LogP contribution in [0.3, 0.4) is 0 Å². The van der Waals surface area contributed by atoms with E-state index in [2.05, 4.69) is 10.6 Å². The summed E-state index contributed by atoms with van der Waals surface area (Å²) in [6.45, 7) is 3.82. The highest BCUT2D eigenvalue weighted by molar-refractivity contribution is 5.89. The Kier molecular flexibility index (Phi) is 7.22. The Morgan fingerprint density at radius 2 is 1.83 bits per heavy atom. The number of hydrogen-bond acceptors (Lipinski definition) is 2. The van der Waals surface area contributed by atoms with Crippen molar-refractivity contribution in [1.29, 1.82) is 0 Å². The predicted octanol–water partition coefficient (Wildman–Crippen LogP) is 4.47. The monoisotopic (exact) mass is 397 g/mol. The van der Waals surface area contributed by atoms with Crippen LogP contribution in [-0.4, -0.2) is 29.9 Å². The number of aryl methyl sites for hydroxylation is 1. The maximum absolute atomic E-state index is 12.9. The standard InChI is InChI=1S/C23H28FN3O2/c1-17-4-11-21(12-5-17)26-23(29)27-14-2-3-19(16-27)8-13-22(28)25-15-18-6-9-20(24)10-7-18/h4-7,9-12,19H,2-3,8,13-16H2,1H3,(H,25,28)(H,26,29)/t19-/m1/s1. The van der Waals surface area contributed by atoms with Crippen LogP contribution in [0, 0.1) is 18.7 Å². The summed E-state index contributed by atoms with van der Waals surface area (Å²) in [5, 5.41) is 5.82. The zero-order valence-corrected chi connectivity index (χ0v) is 16.8. The Morgan fingerprint density at radius 3 is 2.55 bits per heavy atom. The number of urea groups is 1. The lowest BCUT2D eigenvalue weighted by Gasteiger charge is -2.32. The molecule has 1 saturated heterocycles. The molecule has 154 valence electrons. The molecule has 2 aromatic rings. The molecule has 2 aromatic carbocycles. The largest absolute Gasteiger partial charge is 0.352 e. The predicted molar refractivity (Wildman–Crippen MR) is 112 cm³/mol. The molecular formula is C23H28FN3O2. The van der Waals surface area contributed by atoms with E-state index in [4.69, 9.17) is 0 Å². The summed E-state index contributed by atoms with van der Waals surface area (Å²) in [4.78, 5) is 26.5. The summed E-state index contributed by atoms with van der Waals surface area (Å²) in [5.74, 6) is 0.0213. The van der Waals surface area contributed by atoms with Gasteiger partial charge in [0.2, 0.25) is 5.91 Å². The van der Waals surface area contributed by atoms with E-state index in [0.29, 0.717) is 25.4 Å². The molecular weight excluding hydrogens is 369 g/mol. The van der Waals surface area contributed by atoms with Crippen molar-refractivity contribution in [3.63, 3.8) is 0 Å². The summed E-state index contributed by atoms with van der Waals surface area (Å²) >= 11 is 0. The van der Waals surface area contributed by atoms with Crippen LogP contribution in [0.4, 0.5) is 14.9 Å². The minimum Gasteiger partial charge on any atom is -0.352 e. The highest BCUT2D eigenvalue weighted by Gasteiger charge is 2.24. The Labute approximate surface area is 171 Å². The summed E-state index contributed by atoms with van der Waals surface area (Å²) in [6.07, 6.45) is 3.16. The van der Waals surface area contributed by atoms with Crippen LogP contribution < -0.4 is 10.6 Å². The molecule has 0 spiro atoms. The summed E-state index contributed by atoms with van der Waals surface area (Å²) in [7, 11) is 0. The van der Waals surface area contributed by atoms with Crippen LogP contribution >= 0.6 is 0 Å². The summed E-state index contributed by atoms with van der Waals surface area (Å²) < 4.78 is 12.9. The lowest BCUT2D eigenvalue weighted by molar-refractivity contribution is -0.121. The average Bonchev–Trinajstić information content (AvgIpc) is 2.73. The van der Waals surface area contributed by atoms with Crippen molar-refractivity contribution in [2.45, 2.75) is 39.2 Å². The highest BCUT2D eigenvalue weighted by Crippen LogP contribution is 2.22. The smallest absolute Gasteiger partial charge is 0.321 e. The van der Waals surface area contributed by atoms with Crippen LogP contribution in [0.1, 0.15) is 36.8 Å². The number of nitrogens with one attached hydrogen (secondary N) is 2. The van der Waals surface area contributed by atoms with E-state index in [1.54, 1.807) is 12.1 Å². The normalized spacial score (nSPS) is 16.3. The molecule has 0 bridgehead atoms. The molecule has 1 aliphatic heterocycles. The Morgan fingerprint density at radius 1 is 1.10 bits per heavy atom. The molecule has 3 rings (SSSR count). The van der Waals surface area contributed by atoms with E-state index < -0.39 is 0 Å². The van der Waals surface area contributed by atoms with Gasteiger partial charge in [-0.3, -0.25) is 4.79 Å². The lowest BCUT2D eigenvalue weighted by atomic mass is 9.93. The molecule has 1 heterocycles. The maximum atomic E-state index is 12.9. The fourth-order valence-electron chi connectivity index (χ4n) is 3.55. The van der Waals surface area contributed by atoms with Crippen molar-refractivity contribution in [2.24, 2.45) is 5.92 Å². The molecule has 6 heteroatoms. The minimum absolute atomic E-state index is 0.0180. The second-order valence-electron chi connectivity index (χ2n) is 7.69. The third-order valence-electron chi connectivity index (χ3n) is 5.29. The summed E-state index contributed by atoms with van der Waals surface area (Å²) in [6, 6.07) is 13.8. The summed E-state index contributed by atoms with van der Waals surface area (Å²) in [5.41, 5.74) is 2.82. The number of anilines is 1. The molecule has 1 fully saturated rings. The fraction of sp³-hybridized carbons (Fsp3) is 0.391. The average molecular weight is 397 g/mol. The third kappa shape index (κ3) is 6.59. The van der Waals surface area contributed by atoms with E-state index in [1.807, 2.05) is 36.1 Å². The van der Waals surface area contributed by atoms with Crippen LogP contribution in [0.5, 0.6) is 0 Å². The maximum Gasteiger partial charge on any atom is 0.321 e. The van der Waals surface area contributed by atoms with E-state index in [-0.39, 0.29) is 17.8 Å². The van der Waals surface area contributed by atoms with Gasteiger partial charge in [0.15, 0.2) is 0 Å². The van der Waals surface area contributed by atoms with Crippen molar-refractivity contribution in [2.75, 3.05) is 18.4 Å². The van der Waals surface area contributed by atoms with Gasteiger partial charge in [-0.2, -0.15) is 0 Å². The van der Waals surface area contributed by atoms with Crippen molar-refractivity contribution in [1.82, 2.24) is 10.2 Å². The van der Waals surface area contributed by atoms with Gasteiger partial charge in [0.05, 0.1) is 0 Å². The quantitative estimate of drug-likeness (QED) is 0.755. The number of rotatable bonds is 6. The molecule has 0 saturated carbocycles. The van der Waals surface area contributed by atoms with Crippen molar-refractivity contribution >= 4 is 17.6 Å². The van der Waals surface area contributed by atoms with Crippen molar-refractivity contribution in [3.8, 4) is 0 Å². The van der Waals surface area contributed by atoms with Gasteiger partial charge < -0.3 is 15.5 Å². The number of hydrogen-bond donors (Lipinski definition) is 2. The molecule has 0 aromatic heterocycles. The number of likely N-dealkylation sites (tertiary alicyclic amines) is 1. The molecule has 5 nitrogen and oxygen atoms in total. The molecule has 3 amide bonds. The SMILES string of the molecule is Cc1ccc(NC(=O)N2CCC[C@H](CCC(=O)NCc3ccc(F)cc3)C2)cc1. The number of piperidine rings is 1. The first-order valence-corrected chi connectivity index (χ1v) is 10.1. The number of carbonyl (C=O) groups is 2. The number of nitrogens with zero attached hydrogens (tertiary/aromatic N) is 1. The second kappa shape index (κ2) is 10.0. The molecule has 0 radical (unpaired) electrons. The van der Waals surface area contributed by atoms with Gasteiger partial charge in [-0.1, -0.05) is 29.8 Å². The molecule has 29 heavy (non-hydrogen) atoms. The Hall–Kier alpha value is -2.89. The highest BCUT2D eigenvalue weighted by atomic mass is 19.1. The molecule has 0 unspecified atom stereocenters. The fourth-order valence-corrected chi connectivity index (χ4v) is 3.55. The minimum atomic E-state index is -0.284. The van der Waals surface area contributed by atoms with Gasteiger partial charge in [0.1, 0.15) is 5.82 Å². The first-order chi connectivity index (χ1) is 14.0. The van der Waals surface area contributed by atoms with E-state index in [1.165, 1.54) is 12.1 Å². The van der Waals surface area contributed by atoms with E-state index in [0.717, 1.165) is 42.6 Å². The second-order valence-corrected chi connectivity index (χ2v) is 7.69. The van der Waals surface area contributed by atoms with Gasteiger partial charge in [0, 0.05) is 31.7 Å². The van der Waals surface area contributed by atoms with Gasteiger partial charge in [-0.25, -0.2) is 9.18 Å². The van der Waals surface area contributed by atoms with Gasteiger partial charge in [0.25, 0.3) is 0 Å². The van der Waals surface area contributed by atoms with Crippen molar-refractivity contribution in [3.05, 3.63) is 65.5 Å². The van der Waals surface area contributed by atoms with Crippen molar-refractivity contribution < 1.29 is 14.0 Å². The van der Waals surface area contributed by atoms with Crippen LogP contribution in [0.2, 0.25) is 0 Å². The zero-order valence-electron chi connectivity index (χ0n) is 16.8. The first kappa shape index (κ1) is 20.8. The van der Waals surface area contributed by atoms with E-state index >= 15 is 0 Å². The number of halogens is 1. The topological polar surface area (TPSA) is 61.4 Å². The molecule has 1 atom stereocenters. The molecule has 0 aliphatic carbocycles. The van der Waals surface area contributed by atoms with Gasteiger partial charge in [-0.05, 0) is 61.9 Å². The Bertz CT molecular complexity index is 821. The van der Waals surface area contributed by atoms with Crippen LogP contribution in [0.25, 0.3) is 0 Å². The number of carbonyl (C=O) groups excluding carboxylic acids is 2. The van der Waals surface area contributed by atoms with Gasteiger partial charge in [-0.15, -0.1) is 0 Å².